The number of benzene rings is 1. The molecule has 102 valence electrons. The second kappa shape index (κ2) is 6.36. The maximum Gasteiger partial charge on any atom is 0.119 e. The number of hydrogen-bond donors (Lipinski definition) is 2. The molecule has 0 amide bonds. The summed E-state index contributed by atoms with van der Waals surface area (Å²) in [5, 5.41) is 22.0. The lowest BCUT2D eigenvalue weighted by Crippen LogP contribution is -2.15. The normalized spacial score (nSPS) is 12.4. The summed E-state index contributed by atoms with van der Waals surface area (Å²) in [6, 6.07) is 7.70. The smallest absolute Gasteiger partial charge is 0.119 e. The highest BCUT2D eigenvalue weighted by molar-refractivity contribution is 5.62. The van der Waals surface area contributed by atoms with Gasteiger partial charge in [-0.15, -0.1) is 0 Å². The lowest BCUT2D eigenvalue weighted by atomic mass is 10.1. The molecule has 0 spiro atoms. The highest BCUT2D eigenvalue weighted by Gasteiger charge is 2.03. The third kappa shape index (κ3) is 3.81. The number of aryl methyl sites for hydroxylation is 1. The zero-order valence-electron chi connectivity index (χ0n) is 10.9. The van der Waals surface area contributed by atoms with Crippen LogP contribution in [-0.4, -0.2) is 39.3 Å². The molecule has 0 bridgehead atoms. The third-order valence-corrected chi connectivity index (χ3v) is 2.82. The van der Waals surface area contributed by atoms with Gasteiger partial charge in [-0.1, -0.05) is 12.1 Å². The zero-order chi connectivity index (χ0) is 13.7. The van der Waals surface area contributed by atoms with E-state index < -0.39 is 6.10 Å². The average Bonchev–Trinajstić information content (AvgIpc) is 2.86. The van der Waals surface area contributed by atoms with Gasteiger partial charge < -0.3 is 14.9 Å². The van der Waals surface area contributed by atoms with Gasteiger partial charge >= 0.3 is 0 Å². The van der Waals surface area contributed by atoms with Gasteiger partial charge in [0.25, 0.3) is 0 Å². The molecule has 1 aromatic heterocycles. The van der Waals surface area contributed by atoms with Crippen LogP contribution in [0.25, 0.3) is 11.1 Å². The average molecular weight is 262 g/mol. The lowest BCUT2D eigenvalue weighted by Gasteiger charge is -2.09. The van der Waals surface area contributed by atoms with E-state index in [1.54, 1.807) is 4.68 Å². The summed E-state index contributed by atoms with van der Waals surface area (Å²) in [4.78, 5) is 0. The van der Waals surface area contributed by atoms with Gasteiger partial charge in [-0.25, -0.2) is 0 Å². The number of aromatic nitrogens is 2. The molecule has 19 heavy (non-hydrogen) atoms. The molecule has 2 N–H and O–H groups in total. The first-order valence-electron chi connectivity index (χ1n) is 6.20. The Bertz CT molecular complexity index is 508. The van der Waals surface area contributed by atoms with Crippen molar-refractivity contribution in [2.24, 2.45) is 7.05 Å². The Hall–Kier alpha value is -1.85. The van der Waals surface area contributed by atoms with Gasteiger partial charge in [0.15, 0.2) is 0 Å². The number of rotatable bonds is 6. The summed E-state index contributed by atoms with van der Waals surface area (Å²) in [6.07, 6.45) is 3.47. The predicted molar refractivity (Wildman–Crippen MR) is 71.8 cm³/mol. The van der Waals surface area contributed by atoms with Crippen molar-refractivity contribution in [1.82, 2.24) is 9.78 Å². The SMILES string of the molecule is Cn1cc(-c2ccc(OCCC(O)CO)cc2)cn1. The minimum atomic E-state index is -0.713. The van der Waals surface area contributed by atoms with Crippen molar-refractivity contribution < 1.29 is 14.9 Å². The fourth-order valence-electron chi connectivity index (χ4n) is 1.72. The van der Waals surface area contributed by atoms with Crippen molar-refractivity contribution >= 4 is 0 Å². The maximum absolute atomic E-state index is 9.19. The van der Waals surface area contributed by atoms with Gasteiger partial charge in [-0.3, -0.25) is 4.68 Å². The van der Waals surface area contributed by atoms with E-state index in [0.717, 1.165) is 16.9 Å². The number of hydrogen-bond acceptors (Lipinski definition) is 4. The fraction of sp³-hybridized carbons (Fsp3) is 0.357. The van der Waals surface area contributed by atoms with Gasteiger partial charge in [0.1, 0.15) is 5.75 Å². The van der Waals surface area contributed by atoms with Crippen molar-refractivity contribution in [3.05, 3.63) is 36.7 Å². The Morgan fingerprint density at radius 3 is 2.58 bits per heavy atom. The number of aliphatic hydroxyl groups excluding tert-OH is 2. The molecule has 0 saturated heterocycles. The molecule has 1 atom stereocenters. The first kappa shape index (κ1) is 13.6. The standard InChI is InChI=1S/C14H18N2O3/c1-16-9-12(8-15-16)11-2-4-14(5-3-11)19-7-6-13(18)10-17/h2-5,8-9,13,17-18H,6-7,10H2,1H3. The van der Waals surface area contributed by atoms with Gasteiger partial charge in [0.2, 0.25) is 0 Å². The van der Waals surface area contributed by atoms with E-state index in [1.807, 2.05) is 43.7 Å². The summed E-state index contributed by atoms with van der Waals surface area (Å²) < 4.78 is 7.24. The molecule has 0 aliphatic heterocycles. The Balaban J connectivity index is 1.91. The molecule has 0 saturated carbocycles. The van der Waals surface area contributed by atoms with Crippen LogP contribution in [0.2, 0.25) is 0 Å². The molecule has 5 heteroatoms. The first-order valence-corrected chi connectivity index (χ1v) is 6.20. The van der Waals surface area contributed by atoms with E-state index in [9.17, 15) is 5.11 Å². The van der Waals surface area contributed by atoms with Crippen molar-refractivity contribution in [2.75, 3.05) is 13.2 Å². The van der Waals surface area contributed by atoms with Crippen LogP contribution in [0.3, 0.4) is 0 Å². The van der Waals surface area contributed by atoms with Crippen LogP contribution >= 0.6 is 0 Å². The lowest BCUT2D eigenvalue weighted by molar-refractivity contribution is 0.0754. The molecule has 0 fully saturated rings. The van der Waals surface area contributed by atoms with E-state index in [2.05, 4.69) is 5.10 Å². The fourth-order valence-corrected chi connectivity index (χ4v) is 1.72. The highest BCUT2D eigenvalue weighted by Crippen LogP contribution is 2.21. The van der Waals surface area contributed by atoms with Crippen LogP contribution in [-0.2, 0) is 7.05 Å². The van der Waals surface area contributed by atoms with E-state index in [-0.39, 0.29) is 6.61 Å². The van der Waals surface area contributed by atoms with Crippen LogP contribution in [0.15, 0.2) is 36.7 Å². The van der Waals surface area contributed by atoms with Gasteiger partial charge in [0, 0.05) is 25.2 Å². The third-order valence-electron chi connectivity index (χ3n) is 2.82. The van der Waals surface area contributed by atoms with Crippen molar-refractivity contribution in [1.29, 1.82) is 0 Å². The molecular formula is C14H18N2O3. The predicted octanol–water partition coefficient (Wildman–Crippen LogP) is 1.21. The van der Waals surface area contributed by atoms with Crippen LogP contribution in [0, 0.1) is 0 Å². The van der Waals surface area contributed by atoms with Crippen LogP contribution in [0.5, 0.6) is 5.75 Å². The summed E-state index contributed by atoms with van der Waals surface area (Å²) in [5.74, 6) is 0.748. The minimum Gasteiger partial charge on any atom is -0.493 e. The second-order valence-corrected chi connectivity index (χ2v) is 4.40. The van der Waals surface area contributed by atoms with Crippen molar-refractivity contribution in [2.45, 2.75) is 12.5 Å². The number of aliphatic hydroxyl groups is 2. The Morgan fingerprint density at radius 1 is 1.26 bits per heavy atom. The molecule has 0 aliphatic rings. The summed E-state index contributed by atoms with van der Waals surface area (Å²) in [7, 11) is 1.88. The number of nitrogens with zero attached hydrogens (tertiary/aromatic N) is 2. The van der Waals surface area contributed by atoms with Crippen LogP contribution in [0.4, 0.5) is 0 Å². The van der Waals surface area contributed by atoms with Crippen molar-refractivity contribution in [3.8, 4) is 16.9 Å². The Kier molecular flexibility index (Phi) is 4.54. The minimum absolute atomic E-state index is 0.233. The summed E-state index contributed by atoms with van der Waals surface area (Å²) >= 11 is 0. The zero-order valence-corrected chi connectivity index (χ0v) is 10.9. The molecule has 2 aromatic rings. The van der Waals surface area contributed by atoms with Crippen molar-refractivity contribution in [3.63, 3.8) is 0 Å². The molecule has 1 heterocycles. The Morgan fingerprint density at radius 2 is 2.00 bits per heavy atom. The van der Waals surface area contributed by atoms with E-state index in [1.165, 1.54) is 0 Å². The summed E-state index contributed by atoms with van der Waals surface area (Å²) in [6.45, 7) is 0.150. The Labute approximate surface area is 112 Å². The first-order chi connectivity index (χ1) is 9.19. The molecule has 0 radical (unpaired) electrons. The molecular weight excluding hydrogens is 244 g/mol. The monoisotopic (exact) mass is 262 g/mol. The van der Waals surface area contributed by atoms with E-state index in [0.29, 0.717) is 13.0 Å². The molecule has 1 aromatic carbocycles. The molecule has 5 nitrogen and oxygen atoms in total. The summed E-state index contributed by atoms with van der Waals surface area (Å²) in [5.41, 5.74) is 2.14. The highest BCUT2D eigenvalue weighted by atomic mass is 16.5. The van der Waals surface area contributed by atoms with Gasteiger partial charge in [-0.05, 0) is 17.7 Å². The maximum atomic E-state index is 9.19. The topological polar surface area (TPSA) is 67.5 Å². The van der Waals surface area contributed by atoms with E-state index >= 15 is 0 Å². The van der Waals surface area contributed by atoms with Gasteiger partial charge in [-0.2, -0.15) is 5.10 Å². The second-order valence-electron chi connectivity index (χ2n) is 4.40. The van der Waals surface area contributed by atoms with Crippen LogP contribution < -0.4 is 4.74 Å². The van der Waals surface area contributed by atoms with Crippen LogP contribution in [0.1, 0.15) is 6.42 Å². The van der Waals surface area contributed by atoms with E-state index in [4.69, 9.17) is 9.84 Å². The van der Waals surface area contributed by atoms with Gasteiger partial charge in [0.05, 0.1) is 25.5 Å². The molecule has 2 rings (SSSR count). The largest absolute Gasteiger partial charge is 0.493 e. The quantitative estimate of drug-likeness (QED) is 0.821. The molecule has 0 aliphatic carbocycles. The molecule has 1 unspecified atom stereocenters. The number of ether oxygens (including phenoxy) is 1.